The fraction of sp³-hybridized carbons (Fsp3) is 0.0137. The summed E-state index contributed by atoms with van der Waals surface area (Å²) < 4.78 is 5.28. The van der Waals surface area contributed by atoms with Gasteiger partial charge in [-0.2, -0.15) is 0 Å². The average molecular weight is 987 g/mol. The van der Waals surface area contributed by atoms with Crippen molar-refractivity contribution in [2.24, 2.45) is 0 Å². The molecule has 0 nitrogen and oxygen atoms in total. The molecule has 0 radical (unpaired) electrons. The van der Waals surface area contributed by atoms with E-state index in [1.165, 1.54) is 152 Å². The molecule has 0 bridgehead atoms. The topological polar surface area (TPSA) is 0 Å². The van der Waals surface area contributed by atoms with Crippen molar-refractivity contribution in [1.29, 1.82) is 0 Å². The Morgan fingerprint density at radius 3 is 0.720 bits per heavy atom. The van der Waals surface area contributed by atoms with E-state index in [0.29, 0.717) is 0 Å². The molecule has 1 aliphatic carbocycles. The zero-order chi connectivity index (χ0) is 49.4. The third-order valence-corrected chi connectivity index (χ3v) is 18.0. The summed E-state index contributed by atoms with van der Waals surface area (Å²) in [5.41, 5.74) is 25.3. The number of rotatable bonds is 8. The van der Waals surface area contributed by atoms with E-state index in [0.717, 1.165) is 6.42 Å². The zero-order valence-corrected chi connectivity index (χ0v) is 42.6. The monoisotopic (exact) mass is 986 g/mol. The molecule has 0 spiro atoms. The van der Waals surface area contributed by atoms with Gasteiger partial charge in [0.2, 0.25) is 0 Å². The smallest absolute Gasteiger partial charge is 0.0434 e. The van der Waals surface area contributed by atoms with E-state index in [1.54, 1.807) is 0 Å². The Hall–Kier alpha value is -8.92. The van der Waals surface area contributed by atoms with E-state index in [9.17, 15) is 0 Å². The van der Waals surface area contributed by atoms with Crippen molar-refractivity contribution in [2.45, 2.75) is 6.42 Å². The number of hydrogen-bond donors (Lipinski definition) is 0. The van der Waals surface area contributed by atoms with Crippen LogP contribution >= 0.6 is 22.7 Å². The summed E-state index contributed by atoms with van der Waals surface area (Å²) in [6.07, 6.45) is 0.880. The third-order valence-electron chi connectivity index (χ3n) is 15.4. The lowest BCUT2D eigenvalue weighted by atomic mass is 9.92. The maximum atomic E-state index is 2.49. The molecule has 1 aliphatic rings. The van der Waals surface area contributed by atoms with Crippen LogP contribution in [0.3, 0.4) is 0 Å². The van der Waals surface area contributed by atoms with Crippen LogP contribution in [0.15, 0.2) is 267 Å². The van der Waals surface area contributed by atoms with Crippen LogP contribution in [0.2, 0.25) is 0 Å². The summed E-state index contributed by atoms with van der Waals surface area (Å²) in [6.45, 7) is 0. The normalized spacial score (nSPS) is 11.9. The molecule has 2 heterocycles. The van der Waals surface area contributed by atoms with Crippen LogP contribution in [-0.2, 0) is 6.42 Å². The Morgan fingerprint density at radius 2 is 0.440 bits per heavy atom. The zero-order valence-electron chi connectivity index (χ0n) is 40.9. The lowest BCUT2D eigenvalue weighted by molar-refractivity contribution is 1.26. The van der Waals surface area contributed by atoms with Gasteiger partial charge in [0.15, 0.2) is 0 Å². The minimum atomic E-state index is 0.880. The Bertz CT molecular complexity index is 4200. The molecule has 0 atom stereocenters. The van der Waals surface area contributed by atoms with Gasteiger partial charge in [0.05, 0.1) is 0 Å². The summed E-state index contributed by atoms with van der Waals surface area (Å²) in [6, 6.07) is 99.3. The Morgan fingerprint density at radius 1 is 0.187 bits per heavy atom. The maximum absolute atomic E-state index is 2.49. The first-order chi connectivity index (χ1) is 37.1. The van der Waals surface area contributed by atoms with Gasteiger partial charge in [-0.05, 0) is 144 Å². The molecule has 350 valence electrons. The molecule has 0 fully saturated rings. The van der Waals surface area contributed by atoms with Gasteiger partial charge in [0, 0.05) is 62.6 Å². The summed E-state index contributed by atoms with van der Waals surface area (Å²) in [5, 5.41) is 5.19. The van der Waals surface area contributed by atoms with Crippen molar-refractivity contribution in [2.75, 3.05) is 0 Å². The molecule has 2 aromatic heterocycles. The number of hydrogen-bond acceptors (Lipinski definition) is 2. The second-order valence-corrected chi connectivity index (χ2v) is 22.0. The lowest BCUT2D eigenvalue weighted by Gasteiger charge is -2.11. The van der Waals surface area contributed by atoms with Gasteiger partial charge < -0.3 is 0 Å². The average Bonchev–Trinajstić information content (AvgIpc) is 4.19. The van der Waals surface area contributed by atoms with E-state index in [2.05, 4.69) is 267 Å². The molecule has 0 unspecified atom stereocenters. The molecule has 0 amide bonds. The molecule has 2 heteroatoms. The Labute approximate surface area is 444 Å². The van der Waals surface area contributed by atoms with Gasteiger partial charge in [-0.1, -0.05) is 218 Å². The fourth-order valence-electron chi connectivity index (χ4n) is 11.8. The lowest BCUT2D eigenvalue weighted by Crippen LogP contribution is -1.87. The first kappa shape index (κ1) is 43.6. The highest BCUT2D eigenvalue weighted by molar-refractivity contribution is 7.27. The molecule has 0 saturated carbocycles. The number of fused-ring (bicyclic) bond motifs is 9. The van der Waals surface area contributed by atoms with E-state index >= 15 is 0 Å². The summed E-state index contributed by atoms with van der Waals surface area (Å²) in [5.74, 6) is 0. The predicted molar refractivity (Wildman–Crippen MR) is 324 cm³/mol. The van der Waals surface area contributed by atoms with Crippen molar-refractivity contribution < 1.29 is 0 Å². The Balaban J connectivity index is 0.883. The van der Waals surface area contributed by atoms with Crippen LogP contribution in [0.4, 0.5) is 0 Å². The molecule has 75 heavy (non-hydrogen) atoms. The highest BCUT2D eigenvalue weighted by Crippen LogP contribution is 2.51. The molecular formula is C73H46S2. The van der Waals surface area contributed by atoms with Crippen molar-refractivity contribution in [3.63, 3.8) is 0 Å². The summed E-state index contributed by atoms with van der Waals surface area (Å²) in [4.78, 5) is 0. The van der Waals surface area contributed by atoms with Gasteiger partial charge in [-0.25, -0.2) is 0 Å². The van der Waals surface area contributed by atoms with Crippen molar-refractivity contribution >= 4 is 63.0 Å². The molecule has 0 aliphatic heterocycles. The third kappa shape index (κ3) is 7.56. The van der Waals surface area contributed by atoms with Crippen LogP contribution in [0.25, 0.3) is 140 Å². The van der Waals surface area contributed by atoms with Crippen LogP contribution < -0.4 is 0 Å². The van der Waals surface area contributed by atoms with Crippen LogP contribution in [0, 0.1) is 0 Å². The molecule has 14 aromatic rings. The second kappa shape index (κ2) is 17.9. The fourth-order valence-corrected chi connectivity index (χ4v) is 14.5. The highest BCUT2D eigenvalue weighted by Gasteiger charge is 2.24. The van der Waals surface area contributed by atoms with Gasteiger partial charge in [0.25, 0.3) is 0 Å². The van der Waals surface area contributed by atoms with E-state index in [-0.39, 0.29) is 0 Å². The van der Waals surface area contributed by atoms with Crippen LogP contribution in [0.1, 0.15) is 11.1 Å². The van der Waals surface area contributed by atoms with E-state index in [1.807, 2.05) is 22.7 Å². The quantitative estimate of drug-likeness (QED) is 0.142. The molecule has 12 aromatic carbocycles. The second-order valence-electron chi connectivity index (χ2n) is 19.9. The van der Waals surface area contributed by atoms with Gasteiger partial charge in [-0.15, -0.1) is 22.7 Å². The summed E-state index contributed by atoms with van der Waals surface area (Å²) in [7, 11) is 0. The molecule has 15 rings (SSSR count). The van der Waals surface area contributed by atoms with E-state index < -0.39 is 0 Å². The minimum Gasteiger partial charge on any atom is -0.134 e. The number of benzene rings is 12. The predicted octanol–water partition coefficient (Wildman–Crippen LogP) is 21.3. The van der Waals surface area contributed by atoms with Gasteiger partial charge >= 0.3 is 0 Å². The molecule has 0 N–H and O–H groups in total. The van der Waals surface area contributed by atoms with Crippen LogP contribution in [0.5, 0.6) is 0 Å². The minimum absolute atomic E-state index is 0.880. The van der Waals surface area contributed by atoms with Gasteiger partial charge in [-0.3, -0.25) is 0 Å². The van der Waals surface area contributed by atoms with Gasteiger partial charge in [0.1, 0.15) is 0 Å². The number of thiophene rings is 2. The SMILES string of the molecule is c1ccc(-c2cc(-c3ccccc3)c3sc4c(-c5ccc6c(c5)Cc5cc(-c7cc(-c8ccccc8)cc8c7sc7c(-c9ccccc9)cc(-c9ccccc9)cc78)ccc5-6)cc(-c5ccccc5)cc4c3c2)cc1. The van der Waals surface area contributed by atoms with E-state index in [4.69, 9.17) is 0 Å². The summed E-state index contributed by atoms with van der Waals surface area (Å²) >= 11 is 3.87. The van der Waals surface area contributed by atoms with Crippen LogP contribution in [-0.4, -0.2) is 0 Å². The first-order valence-electron chi connectivity index (χ1n) is 25.8. The largest absolute Gasteiger partial charge is 0.134 e. The first-order valence-corrected chi connectivity index (χ1v) is 27.5. The van der Waals surface area contributed by atoms with Crippen molar-refractivity contribution in [1.82, 2.24) is 0 Å². The molecule has 0 saturated heterocycles. The molecular weight excluding hydrogens is 941 g/mol. The van der Waals surface area contributed by atoms with Crippen molar-refractivity contribution in [3.05, 3.63) is 278 Å². The highest BCUT2D eigenvalue weighted by atomic mass is 32.1. The van der Waals surface area contributed by atoms with Crippen molar-refractivity contribution in [3.8, 4) is 100 Å². The Kier molecular flexibility index (Phi) is 10.4. The standard InChI is InChI=1S/C73H46S2/c1-7-19-46(20-8-1)54-38-62(50-27-15-5-16-28-50)70-66(42-54)68-44-56(48-23-11-3-12-24-48)40-64(72(68)74-70)52-31-33-60-58(35-52)37-59-36-53(32-34-61(59)60)65-41-57(49-25-13-4-14-26-49)45-69-67-43-55(47-21-9-2-10-22-47)39-63(71(67)75-73(65)69)51-29-17-6-18-30-51/h1-36,38-45H,37H2. The maximum Gasteiger partial charge on any atom is 0.0434 e.